The molecular formula is C14H20N4. The van der Waals surface area contributed by atoms with Crippen molar-refractivity contribution in [3.05, 3.63) is 17.7 Å². The number of nitrogens with two attached hydrogens (primary N) is 1. The highest BCUT2D eigenvalue weighted by Gasteiger charge is 2.14. The van der Waals surface area contributed by atoms with Crippen molar-refractivity contribution in [3.8, 4) is 6.07 Å². The monoisotopic (exact) mass is 244 g/mol. The second kappa shape index (κ2) is 5.63. The van der Waals surface area contributed by atoms with Crippen LogP contribution in [0.1, 0.15) is 31.2 Å². The fraction of sp³-hybridized carbons (Fsp3) is 0.500. The van der Waals surface area contributed by atoms with Gasteiger partial charge in [-0.3, -0.25) is 0 Å². The van der Waals surface area contributed by atoms with E-state index < -0.39 is 0 Å². The Morgan fingerprint density at radius 2 is 1.89 bits per heavy atom. The topological polar surface area (TPSA) is 65.1 Å². The Hall–Kier alpha value is -1.89. The summed E-state index contributed by atoms with van der Waals surface area (Å²) in [7, 11) is 1.79. The van der Waals surface area contributed by atoms with E-state index in [0.717, 1.165) is 24.5 Å². The SMILES string of the molecule is CNc1c(N)cc(N2CCCCCC2)cc1C#N. The van der Waals surface area contributed by atoms with E-state index in [4.69, 9.17) is 5.73 Å². The lowest BCUT2D eigenvalue weighted by molar-refractivity contribution is 0.726. The van der Waals surface area contributed by atoms with Gasteiger partial charge >= 0.3 is 0 Å². The van der Waals surface area contributed by atoms with Crippen molar-refractivity contribution in [2.75, 3.05) is 36.1 Å². The lowest BCUT2D eigenvalue weighted by Gasteiger charge is -2.24. The molecule has 2 rings (SSSR count). The van der Waals surface area contributed by atoms with Gasteiger partial charge in [-0.25, -0.2) is 0 Å². The van der Waals surface area contributed by atoms with Crippen LogP contribution in [-0.4, -0.2) is 20.1 Å². The molecule has 0 atom stereocenters. The minimum absolute atomic E-state index is 0.622. The Labute approximate surface area is 108 Å². The van der Waals surface area contributed by atoms with E-state index in [9.17, 15) is 5.26 Å². The molecule has 1 saturated heterocycles. The van der Waals surface area contributed by atoms with Gasteiger partial charge in [0.05, 0.1) is 16.9 Å². The summed E-state index contributed by atoms with van der Waals surface area (Å²) >= 11 is 0. The molecule has 0 aliphatic carbocycles. The first-order valence-corrected chi connectivity index (χ1v) is 6.52. The van der Waals surface area contributed by atoms with Gasteiger partial charge in [-0.15, -0.1) is 0 Å². The van der Waals surface area contributed by atoms with Gasteiger partial charge in [0.1, 0.15) is 6.07 Å². The average molecular weight is 244 g/mol. The van der Waals surface area contributed by atoms with Gasteiger partial charge in [-0.1, -0.05) is 12.8 Å². The number of nitrogens with zero attached hydrogens (tertiary/aromatic N) is 2. The Kier molecular flexibility index (Phi) is 3.93. The summed E-state index contributed by atoms with van der Waals surface area (Å²) in [5.41, 5.74) is 9.09. The summed E-state index contributed by atoms with van der Waals surface area (Å²) in [6, 6.07) is 6.12. The smallest absolute Gasteiger partial charge is 0.101 e. The van der Waals surface area contributed by atoms with Crippen LogP contribution in [0.5, 0.6) is 0 Å². The number of rotatable bonds is 2. The van der Waals surface area contributed by atoms with Crippen LogP contribution in [0.25, 0.3) is 0 Å². The van der Waals surface area contributed by atoms with Crippen molar-refractivity contribution in [3.63, 3.8) is 0 Å². The molecule has 0 unspecified atom stereocenters. The fourth-order valence-corrected chi connectivity index (χ4v) is 2.53. The highest BCUT2D eigenvalue weighted by molar-refractivity contribution is 5.78. The zero-order valence-corrected chi connectivity index (χ0v) is 10.9. The summed E-state index contributed by atoms with van der Waals surface area (Å²) < 4.78 is 0. The van der Waals surface area contributed by atoms with Gasteiger partial charge in [-0.2, -0.15) is 5.26 Å². The zero-order chi connectivity index (χ0) is 13.0. The van der Waals surface area contributed by atoms with Gasteiger partial charge in [0.15, 0.2) is 0 Å². The van der Waals surface area contributed by atoms with Crippen molar-refractivity contribution in [1.29, 1.82) is 5.26 Å². The third kappa shape index (κ3) is 2.51. The fourth-order valence-electron chi connectivity index (χ4n) is 2.53. The van der Waals surface area contributed by atoms with Gasteiger partial charge < -0.3 is 16.0 Å². The van der Waals surface area contributed by atoms with E-state index in [1.807, 2.05) is 12.1 Å². The quantitative estimate of drug-likeness (QED) is 0.785. The van der Waals surface area contributed by atoms with Crippen molar-refractivity contribution in [2.24, 2.45) is 0 Å². The Bertz CT molecular complexity index is 454. The molecule has 1 aliphatic rings. The van der Waals surface area contributed by atoms with E-state index in [0.29, 0.717) is 11.3 Å². The van der Waals surface area contributed by atoms with Crippen molar-refractivity contribution < 1.29 is 0 Å². The van der Waals surface area contributed by atoms with E-state index in [2.05, 4.69) is 16.3 Å². The summed E-state index contributed by atoms with van der Waals surface area (Å²) in [6.07, 6.45) is 5.03. The molecule has 1 aliphatic heterocycles. The van der Waals surface area contributed by atoms with Crippen LogP contribution >= 0.6 is 0 Å². The van der Waals surface area contributed by atoms with Crippen LogP contribution in [0.4, 0.5) is 17.1 Å². The highest BCUT2D eigenvalue weighted by Crippen LogP contribution is 2.30. The van der Waals surface area contributed by atoms with E-state index in [1.165, 1.54) is 25.7 Å². The first-order chi connectivity index (χ1) is 8.76. The molecule has 1 aromatic rings. The maximum Gasteiger partial charge on any atom is 0.101 e. The maximum atomic E-state index is 9.19. The summed E-state index contributed by atoms with van der Waals surface area (Å²) in [4.78, 5) is 2.34. The standard InChI is InChI=1S/C14H20N4/c1-17-14-11(10-15)8-12(9-13(14)16)18-6-4-2-3-5-7-18/h8-9,17H,2-7,16H2,1H3. The van der Waals surface area contributed by atoms with Crippen LogP contribution in [-0.2, 0) is 0 Å². The average Bonchev–Trinajstić information content (AvgIpc) is 2.66. The van der Waals surface area contributed by atoms with Gasteiger partial charge in [0.2, 0.25) is 0 Å². The number of nitrogen functional groups attached to an aromatic ring is 1. The Balaban J connectivity index is 2.33. The normalized spacial score (nSPS) is 15.9. The van der Waals surface area contributed by atoms with Crippen molar-refractivity contribution in [2.45, 2.75) is 25.7 Å². The predicted molar refractivity (Wildman–Crippen MR) is 75.8 cm³/mol. The molecule has 0 spiro atoms. The second-order valence-electron chi connectivity index (χ2n) is 4.72. The first kappa shape index (κ1) is 12.6. The number of hydrogen-bond donors (Lipinski definition) is 2. The van der Waals surface area contributed by atoms with E-state index >= 15 is 0 Å². The summed E-state index contributed by atoms with van der Waals surface area (Å²) in [5.74, 6) is 0. The number of nitriles is 1. The molecule has 0 amide bonds. The molecule has 0 bridgehead atoms. The Morgan fingerprint density at radius 3 is 2.44 bits per heavy atom. The number of benzene rings is 1. The minimum Gasteiger partial charge on any atom is -0.397 e. The van der Waals surface area contributed by atoms with Crippen molar-refractivity contribution >= 4 is 17.1 Å². The molecular weight excluding hydrogens is 224 g/mol. The van der Waals surface area contributed by atoms with Crippen LogP contribution in [0.15, 0.2) is 12.1 Å². The maximum absolute atomic E-state index is 9.19. The zero-order valence-electron chi connectivity index (χ0n) is 10.9. The lowest BCUT2D eigenvalue weighted by Crippen LogP contribution is -2.24. The molecule has 0 aromatic heterocycles. The van der Waals surface area contributed by atoms with Gasteiger partial charge in [0.25, 0.3) is 0 Å². The second-order valence-corrected chi connectivity index (χ2v) is 4.72. The molecule has 0 saturated carbocycles. The third-order valence-corrected chi connectivity index (χ3v) is 3.50. The molecule has 18 heavy (non-hydrogen) atoms. The molecule has 1 heterocycles. The minimum atomic E-state index is 0.622. The molecule has 4 heteroatoms. The van der Waals surface area contributed by atoms with Crippen molar-refractivity contribution in [1.82, 2.24) is 0 Å². The van der Waals surface area contributed by atoms with Crippen LogP contribution < -0.4 is 16.0 Å². The van der Waals surface area contributed by atoms with Crippen LogP contribution in [0, 0.1) is 11.3 Å². The van der Waals surface area contributed by atoms with Crippen LogP contribution in [0.3, 0.4) is 0 Å². The molecule has 0 radical (unpaired) electrons. The number of hydrogen-bond acceptors (Lipinski definition) is 4. The third-order valence-electron chi connectivity index (χ3n) is 3.50. The highest BCUT2D eigenvalue weighted by atomic mass is 15.1. The summed E-state index contributed by atoms with van der Waals surface area (Å²) in [6.45, 7) is 2.12. The Morgan fingerprint density at radius 1 is 1.22 bits per heavy atom. The van der Waals surface area contributed by atoms with E-state index in [-0.39, 0.29) is 0 Å². The molecule has 1 aromatic carbocycles. The lowest BCUT2D eigenvalue weighted by atomic mass is 10.1. The molecule has 1 fully saturated rings. The summed E-state index contributed by atoms with van der Waals surface area (Å²) in [5, 5.41) is 12.2. The number of nitrogens with one attached hydrogen (secondary N) is 1. The van der Waals surface area contributed by atoms with Gasteiger partial charge in [0, 0.05) is 25.8 Å². The predicted octanol–water partition coefficient (Wildman–Crippen LogP) is 2.56. The molecule has 3 N–H and O–H groups in total. The van der Waals surface area contributed by atoms with E-state index in [1.54, 1.807) is 7.05 Å². The van der Waals surface area contributed by atoms with Gasteiger partial charge in [-0.05, 0) is 25.0 Å². The molecule has 4 nitrogen and oxygen atoms in total. The number of anilines is 3. The largest absolute Gasteiger partial charge is 0.397 e. The first-order valence-electron chi connectivity index (χ1n) is 6.52. The van der Waals surface area contributed by atoms with Crippen LogP contribution in [0.2, 0.25) is 0 Å². The molecule has 96 valence electrons.